The highest BCUT2D eigenvalue weighted by molar-refractivity contribution is 7.84. The van der Waals surface area contributed by atoms with Gasteiger partial charge < -0.3 is 0 Å². The molecule has 0 amide bonds. The Morgan fingerprint density at radius 3 is 2.42 bits per heavy atom. The van der Waals surface area contributed by atoms with Gasteiger partial charge in [0, 0.05) is 22.0 Å². The molecule has 0 heterocycles. The van der Waals surface area contributed by atoms with Crippen molar-refractivity contribution in [2.45, 2.75) is 31.6 Å². The second kappa shape index (κ2) is 7.17. The Balaban J connectivity index is 1.93. The Hall–Kier alpha value is -1.50. The van der Waals surface area contributed by atoms with Gasteiger partial charge in [-0.25, -0.2) is 0 Å². The van der Waals surface area contributed by atoms with E-state index in [4.69, 9.17) is 0 Å². The van der Waals surface area contributed by atoms with Crippen LogP contribution in [0.5, 0.6) is 0 Å². The van der Waals surface area contributed by atoms with E-state index in [9.17, 15) is 4.21 Å². The van der Waals surface area contributed by atoms with Crippen LogP contribution in [0.3, 0.4) is 0 Å². The van der Waals surface area contributed by atoms with Gasteiger partial charge in [0.15, 0.2) is 0 Å². The molecule has 3 heteroatoms. The second-order valence-electron chi connectivity index (χ2n) is 6.18. The topological polar surface area (TPSA) is 17.1 Å². The molecule has 0 aromatic heterocycles. The normalized spacial score (nSPS) is 16.6. The standard InChI is InChI=1S/C21H23OPS/c1-4-18-14(2)19(20-12-8-16(23)13-21(18)20)11-7-15-5-9-17(10-6-15)24(3)22/h5-6,8-13H,4,7,23H2,1-3H3/b19-11-. The molecule has 2 atom stereocenters. The molecule has 3 rings (SSSR count). The molecule has 2 aromatic carbocycles. The SMILES string of the molecule is CCC1=C(C)/C(=C/Cc2ccc(S(C)=O)cc2)c2ccc(P)cc21. The molecule has 2 aromatic rings. The number of rotatable bonds is 4. The fraction of sp³-hybridized carbons (Fsp3) is 0.238. The number of allylic oxidation sites excluding steroid dienone is 4. The molecule has 0 radical (unpaired) electrons. The Kier molecular flexibility index (Phi) is 5.18. The number of hydrogen-bond donors (Lipinski definition) is 0. The van der Waals surface area contributed by atoms with Crippen molar-refractivity contribution < 1.29 is 4.21 Å². The fourth-order valence-corrected chi connectivity index (χ4v) is 4.15. The minimum atomic E-state index is -0.912. The molecule has 1 aliphatic rings. The van der Waals surface area contributed by atoms with Crippen LogP contribution in [0.1, 0.15) is 37.0 Å². The van der Waals surface area contributed by atoms with Crippen molar-refractivity contribution in [3.8, 4) is 0 Å². The highest BCUT2D eigenvalue weighted by Gasteiger charge is 2.22. The molecule has 0 bridgehead atoms. The quantitative estimate of drug-likeness (QED) is 0.724. The summed E-state index contributed by atoms with van der Waals surface area (Å²) >= 11 is 0. The third kappa shape index (κ3) is 3.31. The smallest absolute Gasteiger partial charge is 0.0498 e. The van der Waals surface area contributed by atoms with Gasteiger partial charge in [0.2, 0.25) is 0 Å². The van der Waals surface area contributed by atoms with E-state index < -0.39 is 10.8 Å². The molecule has 124 valence electrons. The van der Waals surface area contributed by atoms with Gasteiger partial charge in [-0.2, -0.15) is 0 Å². The summed E-state index contributed by atoms with van der Waals surface area (Å²) in [4.78, 5) is 0.884. The summed E-state index contributed by atoms with van der Waals surface area (Å²) in [6.07, 6.45) is 5.99. The molecule has 2 unspecified atom stereocenters. The first kappa shape index (κ1) is 17.3. The molecule has 0 saturated carbocycles. The van der Waals surface area contributed by atoms with Gasteiger partial charge in [0.25, 0.3) is 0 Å². The van der Waals surface area contributed by atoms with Crippen LogP contribution in [0.2, 0.25) is 0 Å². The van der Waals surface area contributed by atoms with Crippen LogP contribution >= 0.6 is 9.24 Å². The Bertz CT molecular complexity index is 860. The summed E-state index contributed by atoms with van der Waals surface area (Å²) in [5.41, 5.74) is 8.19. The van der Waals surface area contributed by atoms with Crippen molar-refractivity contribution in [3.63, 3.8) is 0 Å². The lowest BCUT2D eigenvalue weighted by atomic mass is 10.0. The van der Waals surface area contributed by atoms with Crippen molar-refractivity contribution in [1.82, 2.24) is 0 Å². The third-order valence-electron chi connectivity index (χ3n) is 4.67. The molecular weight excluding hydrogens is 331 g/mol. The van der Waals surface area contributed by atoms with Crippen molar-refractivity contribution in [1.29, 1.82) is 0 Å². The fourth-order valence-electron chi connectivity index (χ4n) is 3.37. The molecule has 0 fully saturated rings. The van der Waals surface area contributed by atoms with E-state index in [2.05, 4.69) is 59.5 Å². The summed E-state index contributed by atoms with van der Waals surface area (Å²) in [6.45, 7) is 4.46. The average Bonchev–Trinajstić information content (AvgIpc) is 2.83. The van der Waals surface area contributed by atoms with Gasteiger partial charge >= 0.3 is 0 Å². The Morgan fingerprint density at radius 1 is 1.08 bits per heavy atom. The van der Waals surface area contributed by atoms with Crippen molar-refractivity contribution >= 4 is 36.5 Å². The van der Waals surface area contributed by atoms with Gasteiger partial charge in [0.05, 0.1) is 0 Å². The highest BCUT2D eigenvalue weighted by atomic mass is 32.2. The maximum absolute atomic E-state index is 11.5. The zero-order valence-corrected chi connectivity index (χ0v) is 16.4. The predicted octanol–water partition coefficient (Wildman–Crippen LogP) is 4.75. The average molecular weight is 354 g/mol. The maximum atomic E-state index is 11.5. The van der Waals surface area contributed by atoms with Crippen LogP contribution in [0.4, 0.5) is 0 Å². The number of hydrogen-bond acceptors (Lipinski definition) is 1. The molecule has 0 aliphatic heterocycles. The van der Waals surface area contributed by atoms with Crippen LogP contribution in [0, 0.1) is 0 Å². The van der Waals surface area contributed by atoms with E-state index in [1.54, 1.807) is 6.26 Å². The monoisotopic (exact) mass is 354 g/mol. The lowest BCUT2D eigenvalue weighted by molar-refractivity contribution is 0.687. The number of fused-ring (bicyclic) bond motifs is 1. The van der Waals surface area contributed by atoms with Crippen molar-refractivity contribution in [2.75, 3.05) is 6.26 Å². The largest absolute Gasteiger partial charge is 0.255 e. The van der Waals surface area contributed by atoms with Gasteiger partial charge in [0.1, 0.15) is 0 Å². The van der Waals surface area contributed by atoms with Crippen LogP contribution in [0.15, 0.2) is 59.0 Å². The van der Waals surface area contributed by atoms with Crippen LogP contribution < -0.4 is 5.30 Å². The molecule has 1 nitrogen and oxygen atoms in total. The van der Waals surface area contributed by atoms with Gasteiger partial charge in [-0.05, 0) is 76.7 Å². The van der Waals surface area contributed by atoms with Crippen LogP contribution in [-0.2, 0) is 17.2 Å². The first-order valence-corrected chi connectivity index (χ1v) is 10.4. The lowest BCUT2D eigenvalue weighted by Gasteiger charge is -2.06. The molecule has 24 heavy (non-hydrogen) atoms. The maximum Gasteiger partial charge on any atom is 0.0498 e. The first-order valence-electron chi connectivity index (χ1n) is 8.24. The summed E-state index contributed by atoms with van der Waals surface area (Å²) < 4.78 is 11.5. The van der Waals surface area contributed by atoms with Gasteiger partial charge in [-0.1, -0.05) is 37.3 Å². The zero-order chi connectivity index (χ0) is 17.3. The second-order valence-corrected chi connectivity index (χ2v) is 8.23. The van der Waals surface area contributed by atoms with E-state index in [1.807, 2.05) is 12.1 Å². The van der Waals surface area contributed by atoms with Crippen molar-refractivity contribution in [2.24, 2.45) is 0 Å². The first-order chi connectivity index (χ1) is 11.5. The summed E-state index contributed by atoms with van der Waals surface area (Å²) in [6, 6.07) is 14.8. The summed E-state index contributed by atoms with van der Waals surface area (Å²) in [7, 11) is 1.88. The van der Waals surface area contributed by atoms with E-state index >= 15 is 0 Å². The van der Waals surface area contributed by atoms with Gasteiger partial charge in [-0.15, -0.1) is 9.24 Å². The molecule has 0 N–H and O–H groups in total. The summed E-state index contributed by atoms with van der Waals surface area (Å²) in [5.74, 6) is 0. The highest BCUT2D eigenvalue weighted by Crippen LogP contribution is 2.42. The van der Waals surface area contributed by atoms with E-state index in [0.717, 1.165) is 17.7 Å². The third-order valence-corrected chi connectivity index (χ3v) is 5.96. The molecule has 1 aliphatic carbocycles. The minimum Gasteiger partial charge on any atom is -0.255 e. The molecule has 0 spiro atoms. The zero-order valence-electron chi connectivity index (χ0n) is 14.4. The van der Waals surface area contributed by atoms with E-state index in [1.165, 1.54) is 38.7 Å². The predicted molar refractivity (Wildman–Crippen MR) is 109 cm³/mol. The van der Waals surface area contributed by atoms with E-state index in [0.29, 0.717) is 0 Å². The molecular formula is C21H23OPS. The molecule has 0 saturated heterocycles. The van der Waals surface area contributed by atoms with Gasteiger partial charge in [-0.3, -0.25) is 4.21 Å². The Morgan fingerprint density at radius 2 is 1.79 bits per heavy atom. The van der Waals surface area contributed by atoms with Crippen LogP contribution in [-0.4, -0.2) is 10.5 Å². The Labute approximate surface area is 149 Å². The minimum absolute atomic E-state index is 0.884. The number of benzene rings is 2. The van der Waals surface area contributed by atoms with Crippen molar-refractivity contribution in [3.05, 3.63) is 70.8 Å². The van der Waals surface area contributed by atoms with Crippen LogP contribution in [0.25, 0.3) is 11.1 Å². The lowest BCUT2D eigenvalue weighted by Crippen LogP contribution is -1.94. The summed E-state index contributed by atoms with van der Waals surface area (Å²) in [5, 5.41) is 1.23. The van der Waals surface area contributed by atoms with E-state index in [-0.39, 0.29) is 0 Å².